The van der Waals surface area contributed by atoms with Gasteiger partial charge in [-0.25, -0.2) is 4.68 Å². The van der Waals surface area contributed by atoms with Crippen LogP contribution in [0.15, 0.2) is 36.4 Å². The van der Waals surface area contributed by atoms with Gasteiger partial charge in [0.2, 0.25) is 0 Å². The Labute approximate surface area is 169 Å². The molecule has 0 amide bonds. The molecule has 0 fully saturated rings. The zero-order valence-electron chi connectivity index (χ0n) is 15.0. The molecule has 2 aliphatic rings. The van der Waals surface area contributed by atoms with Gasteiger partial charge in [0.1, 0.15) is 19.0 Å². The number of benzene rings is 2. The lowest BCUT2D eigenvalue weighted by Crippen LogP contribution is -2.15. The van der Waals surface area contributed by atoms with E-state index in [2.05, 4.69) is 10.4 Å². The lowest BCUT2D eigenvalue weighted by Gasteiger charge is -2.19. The van der Waals surface area contributed by atoms with Crippen LogP contribution >= 0.6 is 11.6 Å². The van der Waals surface area contributed by atoms with E-state index < -0.39 is 11.7 Å². The summed E-state index contributed by atoms with van der Waals surface area (Å²) in [6.45, 7) is 1.61. The van der Waals surface area contributed by atoms with E-state index in [9.17, 15) is 13.2 Å². The molecule has 0 unspecified atom stereocenters. The van der Waals surface area contributed by atoms with Crippen LogP contribution in [0.25, 0.3) is 16.9 Å². The number of anilines is 1. The second-order valence-electron chi connectivity index (χ2n) is 6.78. The molecule has 29 heavy (non-hydrogen) atoms. The van der Waals surface area contributed by atoms with Gasteiger partial charge in [0, 0.05) is 23.7 Å². The molecule has 1 aromatic heterocycles. The summed E-state index contributed by atoms with van der Waals surface area (Å²) in [5, 5.41) is 8.10. The summed E-state index contributed by atoms with van der Waals surface area (Å²) in [6, 6.07) is 8.72. The van der Waals surface area contributed by atoms with Gasteiger partial charge in [0.25, 0.3) is 0 Å². The molecule has 3 heterocycles. The molecule has 3 aromatic rings. The first-order valence-corrected chi connectivity index (χ1v) is 9.42. The molecule has 5 nitrogen and oxygen atoms in total. The maximum atomic E-state index is 13.2. The van der Waals surface area contributed by atoms with Crippen LogP contribution in [0.1, 0.15) is 11.1 Å². The number of ether oxygens (including phenoxy) is 2. The summed E-state index contributed by atoms with van der Waals surface area (Å²) in [7, 11) is 0. The van der Waals surface area contributed by atoms with Crippen molar-refractivity contribution >= 4 is 17.4 Å². The van der Waals surface area contributed by atoms with Gasteiger partial charge in [-0.3, -0.25) is 0 Å². The van der Waals surface area contributed by atoms with E-state index in [0.717, 1.165) is 23.5 Å². The topological polar surface area (TPSA) is 48.3 Å². The zero-order chi connectivity index (χ0) is 20.2. The molecule has 150 valence electrons. The van der Waals surface area contributed by atoms with E-state index in [1.165, 1.54) is 6.07 Å². The van der Waals surface area contributed by atoms with Crippen molar-refractivity contribution in [1.29, 1.82) is 0 Å². The van der Waals surface area contributed by atoms with Crippen LogP contribution in [0, 0.1) is 0 Å². The number of hydrogen-bond acceptors (Lipinski definition) is 4. The summed E-state index contributed by atoms with van der Waals surface area (Å²) < 4.78 is 52.5. The van der Waals surface area contributed by atoms with Crippen molar-refractivity contribution in [2.24, 2.45) is 0 Å². The van der Waals surface area contributed by atoms with Gasteiger partial charge in [0.15, 0.2) is 11.5 Å². The Morgan fingerprint density at radius 1 is 1.03 bits per heavy atom. The normalized spacial score (nSPS) is 15.2. The molecule has 0 radical (unpaired) electrons. The largest absolute Gasteiger partial charge is 0.486 e. The van der Waals surface area contributed by atoms with Crippen LogP contribution in [0.2, 0.25) is 5.02 Å². The minimum Gasteiger partial charge on any atom is -0.486 e. The fourth-order valence-corrected chi connectivity index (χ4v) is 3.83. The van der Waals surface area contributed by atoms with E-state index in [1.807, 2.05) is 6.07 Å². The highest BCUT2D eigenvalue weighted by Crippen LogP contribution is 2.41. The number of aromatic nitrogens is 2. The van der Waals surface area contributed by atoms with Crippen molar-refractivity contribution < 1.29 is 22.6 Å². The fourth-order valence-electron chi connectivity index (χ4n) is 3.62. The minimum absolute atomic E-state index is 0.222. The standard InChI is InChI=1S/C20H15ClF3N3O2/c21-15-3-1-11(20(22,23)24)9-14(15)18-13-5-6-25-19(13)27(26-18)12-2-4-16-17(10-12)29-8-7-28-16/h1-4,9-10,25H,5-8H2. The van der Waals surface area contributed by atoms with Crippen LogP contribution in [0.5, 0.6) is 11.5 Å². The molecule has 0 spiro atoms. The van der Waals surface area contributed by atoms with Gasteiger partial charge >= 0.3 is 6.18 Å². The summed E-state index contributed by atoms with van der Waals surface area (Å²) in [5.74, 6) is 2.00. The van der Waals surface area contributed by atoms with Gasteiger partial charge in [0.05, 0.1) is 22.0 Å². The maximum Gasteiger partial charge on any atom is 0.416 e. The Bertz CT molecular complexity index is 1110. The van der Waals surface area contributed by atoms with Crippen molar-refractivity contribution in [3.05, 3.63) is 52.5 Å². The number of alkyl halides is 3. The SMILES string of the molecule is FC(F)(F)c1ccc(Cl)c(-c2nn(-c3ccc4c(c3)OCCO4)c3c2CCN3)c1. The quantitative estimate of drug-likeness (QED) is 0.636. The Balaban J connectivity index is 1.65. The molecule has 2 aromatic carbocycles. The highest BCUT2D eigenvalue weighted by atomic mass is 35.5. The first-order valence-electron chi connectivity index (χ1n) is 9.05. The zero-order valence-corrected chi connectivity index (χ0v) is 15.8. The summed E-state index contributed by atoms with van der Waals surface area (Å²) in [4.78, 5) is 0. The average Bonchev–Trinajstić information content (AvgIpc) is 3.30. The third-order valence-corrected chi connectivity index (χ3v) is 5.30. The highest BCUT2D eigenvalue weighted by Gasteiger charge is 2.32. The first kappa shape index (κ1) is 18.2. The smallest absolute Gasteiger partial charge is 0.416 e. The van der Waals surface area contributed by atoms with E-state index in [4.69, 9.17) is 21.1 Å². The summed E-state index contributed by atoms with van der Waals surface area (Å²) in [5.41, 5.74) is 1.49. The van der Waals surface area contributed by atoms with Gasteiger partial charge in [-0.2, -0.15) is 18.3 Å². The van der Waals surface area contributed by atoms with Gasteiger partial charge in [-0.05, 0) is 36.8 Å². The van der Waals surface area contributed by atoms with Crippen LogP contribution in [0.4, 0.5) is 19.0 Å². The number of rotatable bonds is 2. The Morgan fingerprint density at radius 2 is 1.83 bits per heavy atom. The van der Waals surface area contributed by atoms with E-state index in [1.54, 1.807) is 16.8 Å². The lowest BCUT2D eigenvalue weighted by atomic mass is 10.0. The molecule has 1 N–H and O–H groups in total. The second-order valence-corrected chi connectivity index (χ2v) is 7.19. The molecule has 0 saturated heterocycles. The number of halogens is 4. The molecule has 0 atom stereocenters. The summed E-state index contributed by atoms with van der Waals surface area (Å²) >= 11 is 6.26. The molecule has 5 rings (SSSR count). The molecule has 0 aliphatic carbocycles. The summed E-state index contributed by atoms with van der Waals surface area (Å²) in [6.07, 6.45) is -3.82. The van der Waals surface area contributed by atoms with Crippen molar-refractivity contribution in [3.63, 3.8) is 0 Å². The third kappa shape index (κ3) is 3.07. The van der Waals surface area contributed by atoms with Crippen molar-refractivity contribution in [1.82, 2.24) is 9.78 Å². The number of hydrogen-bond donors (Lipinski definition) is 1. The Hall–Kier alpha value is -2.87. The van der Waals surface area contributed by atoms with Gasteiger partial charge < -0.3 is 14.8 Å². The van der Waals surface area contributed by atoms with Crippen LogP contribution in [0.3, 0.4) is 0 Å². The monoisotopic (exact) mass is 421 g/mol. The molecular weight excluding hydrogens is 407 g/mol. The maximum absolute atomic E-state index is 13.2. The van der Waals surface area contributed by atoms with Crippen LogP contribution in [-0.2, 0) is 12.6 Å². The number of fused-ring (bicyclic) bond motifs is 2. The van der Waals surface area contributed by atoms with E-state index >= 15 is 0 Å². The average molecular weight is 422 g/mol. The number of nitrogens with one attached hydrogen (secondary N) is 1. The molecule has 0 saturated carbocycles. The Morgan fingerprint density at radius 3 is 2.62 bits per heavy atom. The minimum atomic E-state index is -4.46. The van der Waals surface area contributed by atoms with Crippen molar-refractivity contribution in [2.75, 3.05) is 25.1 Å². The second kappa shape index (κ2) is 6.59. The third-order valence-electron chi connectivity index (χ3n) is 4.97. The van der Waals surface area contributed by atoms with E-state index in [-0.39, 0.29) is 10.6 Å². The van der Waals surface area contributed by atoms with Crippen molar-refractivity contribution in [3.8, 4) is 28.4 Å². The first-order chi connectivity index (χ1) is 13.9. The number of nitrogens with zero attached hydrogens (tertiary/aromatic N) is 2. The van der Waals surface area contributed by atoms with Gasteiger partial charge in [-0.15, -0.1) is 0 Å². The van der Waals surface area contributed by atoms with Crippen molar-refractivity contribution in [2.45, 2.75) is 12.6 Å². The van der Waals surface area contributed by atoms with Gasteiger partial charge in [-0.1, -0.05) is 11.6 Å². The Kier molecular flexibility index (Phi) is 4.13. The molecular formula is C20H15ClF3N3O2. The molecule has 2 aliphatic heterocycles. The highest BCUT2D eigenvalue weighted by molar-refractivity contribution is 6.33. The molecule has 9 heteroatoms. The predicted octanol–water partition coefficient (Wildman–Crippen LogP) is 4.95. The fraction of sp³-hybridized carbons (Fsp3) is 0.250. The van der Waals surface area contributed by atoms with Crippen LogP contribution < -0.4 is 14.8 Å². The predicted molar refractivity (Wildman–Crippen MR) is 102 cm³/mol. The van der Waals surface area contributed by atoms with E-state index in [0.29, 0.717) is 49.1 Å². The van der Waals surface area contributed by atoms with Crippen LogP contribution in [-0.4, -0.2) is 29.5 Å². The molecule has 0 bridgehead atoms. The lowest BCUT2D eigenvalue weighted by molar-refractivity contribution is -0.137.